The predicted octanol–water partition coefficient (Wildman–Crippen LogP) is 1.74. The molecule has 1 saturated heterocycles. The van der Waals surface area contributed by atoms with Crippen LogP contribution in [-0.2, 0) is 4.79 Å². The zero-order valence-electron chi connectivity index (χ0n) is 22.0. The summed E-state index contributed by atoms with van der Waals surface area (Å²) < 4.78 is 0. The normalized spacial score (nSPS) is 19.5. The van der Waals surface area contributed by atoms with Gasteiger partial charge in [-0.1, -0.05) is 13.8 Å². The second-order valence-electron chi connectivity index (χ2n) is 9.40. The van der Waals surface area contributed by atoms with Gasteiger partial charge < -0.3 is 32.4 Å². The van der Waals surface area contributed by atoms with E-state index in [1.54, 1.807) is 25.4 Å². The summed E-state index contributed by atoms with van der Waals surface area (Å²) in [4.78, 5) is 24.8. The maximum absolute atomic E-state index is 11.5. The van der Waals surface area contributed by atoms with Gasteiger partial charge in [0.1, 0.15) is 11.7 Å². The number of piperazine rings is 1. The van der Waals surface area contributed by atoms with Crippen LogP contribution < -0.4 is 22.1 Å². The minimum atomic E-state index is 0.151. The molecular formula is C27H39N9O. The fraction of sp³-hybridized carbons (Fsp3) is 0.407. The summed E-state index contributed by atoms with van der Waals surface area (Å²) >= 11 is 0. The van der Waals surface area contributed by atoms with Gasteiger partial charge in [0.05, 0.1) is 11.4 Å². The van der Waals surface area contributed by atoms with Crippen LogP contribution in [0.4, 0.5) is 0 Å². The average Bonchev–Trinajstić information content (AvgIpc) is 2.89. The van der Waals surface area contributed by atoms with Gasteiger partial charge in [-0.3, -0.25) is 14.7 Å². The third-order valence-corrected chi connectivity index (χ3v) is 6.36. The molecule has 0 saturated carbocycles. The van der Waals surface area contributed by atoms with Crippen molar-refractivity contribution < 1.29 is 4.79 Å². The highest BCUT2D eigenvalue weighted by Crippen LogP contribution is 2.22. The summed E-state index contributed by atoms with van der Waals surface area (Å²) in [6, 6.07) is 0. The topological polar surface area (TPSA) is 148 Å². The molecule has 3 aliphatic heterocycles. The lowest BCUT2D eigenvalue weighted by atomic mass is 10.0. The summed E-state index contributed by atoms with van der Waals surface area (Å²) in [6.07, 6.45) is 15.0. The maximum atomic E-state index is 11.5. The molecule has 37 heavy (non-hydrogen) atoms. The van der Waals surface area contributed by atoms with Crippen molar-refractivity contribution in [1.82, 2.24) is 20.4 Å². The summed E-state index contributed by atoms with van der Waals surface area (Å²) in [5.74, 6) is 1.28. The molecule has 0 aliphatic carbocycles. The zero-order valence-corrected chi connectivity index (χ0v) is 22.0. The Morgan fingerprint density at radius 3 is 2.62 bits per heavy atom. The number of hydrogen-bond donors (Lipinski definition) is 5. The van der Waals surface area contributed by atoms with E-state index in [0.717, 1.165) is 67.3 Å². The molecule has 0 radical (unpaired) electrons. The first-order valence-electron chi connectivity index (χ1n) is 12.6. The Morgan fingerprint density at radius 1 is 1.22 bits per heavy atom. The van der Waals surface area contributed by atoms with Gasteiger partial charge in [0, 0.05) is 82.2 Å². The van der Waals surface area contributed by atoms with E-state index in [1.807, 2.05) is 43.2 Å². The number of dihydropyridines is 2. The molecule has 0 unspecified atom stereocenters. The average molecular weight is 506 g/mol. The van der Waals surface area contributed by atoms with Crippen molar-refractivity contribution >= 4 is 24.2 Å². The molecule has 1 fully saturated rings. The van der Waals surface area contributed by atoms with Gasteiger partial charge in [-0.2, -0.15) is 0 Å². The minimum absolute atomic E-state index is 0.151. The Kier molecular flexibility index (Phi) is 10.0. The molecule has 10 heteroatoms. The summed E-state index contributed by atoms with van der Waals surface area (Å²) in [5, 5.41) is 14.1. The van der Waals surface area contributed by atoms with Gasteiger partial charge in [0.15, 0.2) is 0 Å². The number of carbonyl (C=O) groups is 1. The molecule has 3 rings (SSSR count). The number of hydrogen-bond acceptors (Lipinski definition) is 8. The number of fused-ring (bicyclic) bond motifs is 1. The first-order valence-corrected chi connectivity index (χ1v) is 12.6. The molecule has 7 N–H and O–H groups in total. The molecule has 0 spiro atoms. The number of rotatable bonds is 10. The van der Waals surface area contributed by atoms with E-state index < -0.39 is 0 Å². The highest BCUT2D eigenvalue weighted by Gasteiger charge is 2.18. The van der Waals surface area contributed by atoms with Crippen molar-refractivity contribution in [2.75, 3.05) is 39.3 Å². The Balaban J connectivity index is 1.54. The summed E-state index contributed by atoms with van der Waals surface area (Å²) in [5.41, 5.74) is 16.3. The van der Waals surface area contributed by atoms with Crippen LogP contribution >= 0.6 is 0 Å². The third kappa shape index (κ3) is 8.04. The Morgan fingerprint density at radius 2 is 1.97 bits per heavy atom. The predicted molar refractivity (Wildman–Crippen MR) is 151 cm³/mol. The van der Waals surface area contributed by atoms with Gasteiger partial charge in [-0.05, 0) is 42.2 Å². The Bertz CT molecular complexity index is 1110. The third-order valence-electron chi connectivity index (χ3n) is 6.36. The molecule has 0 aromatic rings. The van der Waals surface area contributed by atoms with Crippen molar-refractivity contribution in [2.24, 2.45) is 27.4 Å². The number of allylic oxidation sites excluding steroid dienone is 6. The van der Waals surface area contributed by atoms with E-state index in [0.29, 0.717) is 18.2 Å². The van der Waals surface area contributed by atoms with Crippen molar-refractivity contribution in [3.8, 4) is 0 Å². The molecule has 0 aromatic carbocycles. The molecular weight excluding hydrogens is 466 g/mol. The lowest BCUT2D eigenvalue weighted by Gasteiger charge is -2.34. The zero-order chi connectivity index (χ0) is 26.8. The number of aliphatic imine (C=N–C) groups is 2. The van der Waals surface area contributed by atoms with E-state index in [9.17, 15) is 4.79 Å². The van der Waals surface area contributed by atoms with Crippen LogP contribution in [-0.4, -0.2) is 73.2 Å². The Labute approximate surface area is 219 Å². The van der Waals surface area contributed by atoms with E-state index in [2.05, 4.69) is 25.5 Å². The molecule has 0 bridgehead atoms. The summed E-state index contributed by atoms with van der Waals surface area (Å²) in [7, 11) is 0. The molecule has 1 amide bonds. The molecule has 3 aliphatic rings. The Hall–Kier alpha value is -3.92. The van der Waals surface area contributed by atoms with Crippen LogP contribution in [0.15, 0.2) is 80.6 Å². The van der Waals surface area contributed by atoms with Crippen molar-refractivity contribution in [2.45, 2.75) is 27.2 Å². The maximum Gasteiger partial charge on any atom is 0.219 e. The van der Waals surface area contributed by atoms with Gasteiger partial charge in [-0.15, -0.1) is 0 Å². The van der Waals surface area contributed by atoms with Crippen LogP contribution in [0.25, 0.3) is 0 Å². The molecule has 3 heterocycles. The first-order chi connectivity index (χ1) is 17.8. The van der Waals surface area contributed by atoms with Crippen molar-refractivity contribution in [3.63, 3.8) is 0 Å². The van der Waals surface area contributed by atoms with E-state index in [1.165, 1.54) is 6.21 Å². The monoisotopic (exact) mass is 505 g/mol. The second-order valence-corrected chi connectivity index (χ2v) is 9.40. The standard InChI is InChI=1S/C27H39N9O/c1-19(2)21(15-28)14-26(30)34-27-6-5-24-25(33-27)13-22(18-32-24)23(16-29)17-31-7-4-8-35-9-11-36(12-10-35)20(3)37/h5-6,13-19,28,32-33H,4,7-12,29H2,1-3H3,(H2,30,34). The van der Waals surface area contributed by atoms with Crippen molar-refractivity contribution in [1.29, 1.82) is 5.41 Å². The van der Waals surface area contributed by atoms with Crippen LogP contribution in [0.2, 0.25) is 0 Å². The fourth-order valence-corrected chi connectivity index (χ4v) is 4.09. The van der Waals surface area contributed by atoms with Crippen LogP contribution in [0.3, 0.4) is 0 Å². The van der Waals surface area contributed by atoms with Gasteiger partial charge in [0.25, 0.3) is 0 Å². The smallest absolute Gasteiger partial charge is 0.219 e. The number of nitrogens with two attached hydrogens (primary N) is 2. The number of nitrogens with zero attached hydrogens (tertiary/aromatic N) is 4. The fourth-order valence-electron chi connectivity index (χ4n) is 4.09. The van der Waals surface area contributed by atoms with E-state index in [4.69, 9.17) is 16.9 Å². The number of carbonyl (C=O) groups excluding carboxylic acids is 1. The minimum Gasteiger partial charge on any atom is -0.404 e. The van der Waals surface area contributed by atoms with Crippen LogP contribution in [0, 0.1) is 11.3 Å². The molecule has 198 valence electrons. The first kappa shape index (κ1) is 27.7. The number of amidine groups is 1. The SMILES string of the molecule is CC(=O)N1CCN(CCCN=CC(=CN)C2=CNC3=CC=C(N=C(N)C=C(C=N)C(C)C)NC3=C2)CC1. The number of amides is 1. The molecule has 0 aromatic heterocycles. The lowest BCUT2D eigenvalue weighted by molar-refractivity contribution is -0.130. The van der Waals surface area contributed by atoms with Gasteiger partial charge >= 0.3 is 0 Å². The lowest BCUT2D eigenvalue weighted by Crippen LogP contribution is -2.48. The largest absolute Gasteiger partial charge is 0.404 e. The quantitative estimate of drug-likeness (QED) is 0.174. The van der Waals surface area contributed by atoms with Crippen LogP contribution in [0.5, 0.6) is 0 Å². The molecule has 0 atom stereocenters. The number of nitrogens with one attached hydrogen (secondary N) is 3. The van der Waals surface area contributed by atoms with Crippen molar-refractivity contribution in [3.05, 3.63) is 70.6 Å². The van der Waals surface area contributed by atoms with Crippen LogP contribution in [0.1, 0.15) is 27.2 Å². The van der Waals surface area contributed by atoms with E-state index in [-0.39, 0.29) is 11.8 Å². The second kappa shape index (κ2) is 13.4. The highest BCUT2D eigenvalue weighted by atomic mass is 16.2. The van der Waals surface area contributed by atoms with Gasteiger partial charge in [0.2, 0.25) is 5.91 Å². The summed E-state index contributed by atoms with van der Waals surface area (Å²) in [6.45, 7) is 10.7. The molecule has 10 nitrogen and oxygen atoms in total. The van der Waals surface area contributed by atoms with Gasteiger partial charge in [-0.25, -0.2) is 4.99 Å². The highest BCUT2D eigenvalue weighted by molar-refractivity contribution is 5.97. The van der Waals surface area contributed by atoms with E-state index >= 15 is 0 Å².